The van der Waals surface area contributed by atoms with Gasteiger partial charge >= 0.3 is 12.1 Å². The number of nitrogens with one attached hydrogen (secondary N) is 2. The van der Waals surface area contributed by atoms with E-state index >= 15 is 0 Å². The van der Waals surface area contributed by atoms with Crippen LogP contribution in [0.15, 0.2) is 42.5 Å². The van der Waals surface area contributed by atoms with E-state index in [0.29, 0.717) is 18.9 Å². The molecule has 2 heterocycles. The van der Waals surface area contributed by atoms with Crippen LogP contribution in [0, 0.1) is 11.8 Å². The molecule has 174 valence electrons. The zero-order chi connectivity index (χ0) is 22.8. The quantitative estimate of drug-likeness (QED) is 0.337. The third-order valence-electron chi connectivity index (χ3n) is 6.07. The summed E-state index contributed by atoms with van der Waals surface area (Å²) in [6, 6.07) is 9.34. The molecular weight excluding hydrogens is 412 g/mol. The number of carboxylic acids is 1. The summed E-state index contributed by atoms with van der Waals surface area (Å²) in [5.74, 6) is -0.443. The maximum Gasteiger partial charge on any atom is 0.407 e. The topological polar surface area (TPSA) is 114 Å². The number of carboxylic acid groups (broad SMARTS) is 1. The number of benzene rings is 1. The fourth-order valence-corrected chi connectivity index (χ4v) is 4.44. The molecule has 2 saturated heterocycles. The molecule has 2 aliphatic rings. The van der Waals surface area contributed by atoms with Gasteiger partial charge in [0.25, 0.3) is 0 Å². The van der Waals surface area contributed by atoms with Gasteiger partial charge in [0.1, 0.15) is 6.61 Å². The summed E-state index contributed by atoms with van der Waals surface area (Å²) in [7, 11) is 0. The van der Waals surface area contributed by atoms with Crippen LogP contribution in [-0.2, 0) is 25.7 Å². The number of amides is 2. The second-order valence-electron chi connectivity index (χ2n) is 8.33. The molecule has 1 aromatic carbocycles. The highest BCUT2D eigenvalue weighted by Gasteiger charge is 2.47. The van der Waals surface area contributed by atoms with Gasteiger partial charge in [-0.1, -0.05) is 42.5 Å². The highest BCUT2D eigenvalue weighted by atomic mass is 16.5. The van der Waals surface area contributed by atoms with Gasteiger partial charge in [-0.2, -0.15) is 0 Å². The zero-order valence-electron chi connectivity index (χ0n) is 18.2. The van der Waals surface area contributed by atoms with E-state index in [4.69, 9.17) is 14.6 Å². The van der Waals surface area contributed by atoms with Crippen molar-refractivity contribution in [3.63, 3.8) is 0 Å². The van der Waals surface area contributed by atoms with Crippen molar-refractivity contribution in [2.75, 3.05) is 13.1 Å². The first kappa shape index (κ1) is 23.8. The molecule has 8 nitrogen and oxygen atoms in total. The predicted molar refractivity (Wildman–Crippen MR) is 118 cm³/mol. The fraction of sp³-hybridized carbons (Fsp3) is 0.542. The van der Waals surface area contributed by atoms with E-state index in [9.17, 15) is 14.4 Å². The van der Waals surface area contributed by atoms with Crippen molar-refractivity contribution in [1.82, 2.24) is 10.6 Å². The van der Waals surface area contributed by atoms with Gasteiger partial charge in [-0.3, -0.25) is 9.59 Å². The second-order valence-corrected chi connectivity index (χ2v) is 8.33. The lowest BCUT2D eigenvalue weighted by Crippen LogP contribution is -2.42. The summed E-state index contributed by atoms with van der Waals surface area (Å²) in [4.78, 5) is 34.6. The van der Waals surface area contributed by atoms with E-state index in [1.807, 2.05) is 36.4 Å². The van der Waals surface area contributed by atoms with E-state index in [0.717, 1.165) is 31.2 Å². The summed E-state index contributed by atoms with van der Waals surface area (Å²) >= 11 is 0. The zero-order valence-corrected chi connectivity index (χ0v) is 18.2. The first-order chi connectivity index (χ1) is 15.5. The maximum atomic E-state index is 12.2. The van der Waals surface area contributed by atoms with Gasteiger partial charge in [0.2, 0.25) is 5.91 Å². The number of unbranched alkanes of at least 4 members (excludes halogenated alkanes) is 1. The maximum absolute atomic E-state index is 12.2. The first-order valence-corrected chi connectivity index (χ1v) is 11.3. The SMILES string of the molecule is O=C(O)CCC/C=C\C[C@@H]1[C@H](CNC(=O)CNC(=O)OCc2ccccc2)[C@@H]2CC[C@H]1O2. The summed E-state index contributed by atoms with van der Waals surface area (Å²) in [6.07, 6.45) is 8.38. The van der Waals surface area contributed by atoms with E-state index < -0.39 is 12.1 Å². The van der Waals surface area contributed by atoms with Gasteiger partial charge in [0.05, 0.1) is 18.8 Å². The van der Waals surface area contributed by atoms with Crippen LogP contribution in [0.1, 0.15) is 44.1 Å². The third kappa shape index (κ3) is 7.37. The Morgan fingerprint density at radius 1 is 1.06 bits per heavy atom. The Balaban J connectivity index is 1.34. The van der Waals surface area contributed by atoms with Gasteiger partial charge in [0, 0.05) is 18.9 Å². The average Bonchev–Trinajstić information content (AvgIpc) is 3.39. The Kier molecular flexibility index (Phi) is 9.10. The number of ether oxygens (including phenoxy) is 2. The van der Waals surface area contributed by atoms with Crippen molar-refractivity contribution in [3.05, 3.63) is 48.0 Å². The second kappa shape index (κ2) is 12.2. The number of fused-ring (bicyclic) bond motifs is 2. The minimum atomic E-state index is -0.769. The molecule has 0 aliphatic carbocycles. The molecule has 0 radical (unpaired) electrons. The smallest absolute Gasteiger partial charge is 0.407 e. The molecule has 2 amide bonds. The molecule has 3 N–H and O–H groups in total. The van der Waals surface area contributed by atoms with Crippen molar-refractivity contribution in [3.8, 4) is 0 Å². The standard InChI is InChI=1S/C24H32N2O6/c27-22(15-26-24(30)31-16-17-8-4-3-5-9-17)25-14-19-18(20-12-13-21(19)32-20)10-6-1-2-7-11-23(28)29/h1,3-6,8-9,18-21H,2,7,10-16H2,(H,25,27)(H,26,30)(H,28,29)/b6-1-/t18-,19+,20-,21+/m1/s1. The molecule has 2 fully saturated rings. The minimum absolute atomic E-state index is 0.135. The Morgan fingerprint density at radius 3 is 2.56 bits per heavy atom. The highest BCUT2D eigenvalue weighted by Crippen LogP contribution is 2.44. The van der Waals surface area contributed by atoms with Crippen molar-refractivity contribution in [2.24, 2.45) is 11.8 Å². The Hall–Kier alpha value is -2.87. The number of allylic oxidation sites excluding steroid dienone is 2. The molecular formula is C24H32N2O6. The van der Waals surface area contributed by atoms with Crippen molar-refractivity contribution >= 4 is 18.0 Å². The minimum Gasteiger partial charge on any atom is -0.481 e. The van der Waals surface area contributed by atoms with Crippen LogP contribution >= 0.6 is 0 Å². The number of rotatable bonds is 12. The highest BCUT2D eigenvalue weighted by molar-refractivity contribution is 5.82. The van der Waals surface area contributed by atoms with Crippen LogP contribution in [0.25, 0.3) is 0 Å². The van der Waals surface area contributed by atoms with Crippen LogP contribution in [0.3, 0.4) is 0 Å². The van der Waals surface area contributed by atoms with E-state index in [1.165, 1.54) is 0 Å². The molecule has 0 aromatic heterocycles. The largest absolute Gasteiger partial charge is 0.481 e. The monoisotopic (exact) mass is 444 g/mol. The van der Waals surface area contributed by atoms with Gasteiger partial charge in [-0.05, 0) is 43.6 Å². The first-order valence-electron chi connectivity index (χ1n) is 11.3. The molecule has 4 atom stereocenters. The molecule has 0 unspecified atom stereocenters. The summed E-state index contributed by atoms with van der Waals surface area (Å²) in [6.45, 7) is 0.532. The van der Waals surface area contributed by atoms with E-state index in [1.54, 1.807) is 0 Å². The molecule has 0 saturated carbocycles. The van der Waals surface area contributed by atoms with Gasteiger partial charge in [-0.15, -0.1) is 0 Å². The van der Waals surface area contributed by atoms with Gasteiger partial charge < -0.3 is 25.2 Å². The molecule has 32 heavy (non-hydrogen) atoms. The fourth-order valence-electron chi connectivity index (χ4n) is 4.44. The van der Waals surface area contributed by atoms with Crippen LogP contribution in [0.2, 0.25) is 0 Å². The van der Waals surface area contributed by atoms with Crippen molar-refractivity contribution in [2.45, 2.75) is 57.3 Å². The molecule has 3 rings (SSSR count). The molecule has 8 heteroatoms. The third-order valence-corrected chi connectivity index (χ3v) is 6.07. The van der Waals surface area contributed by atoms with Crippen molar-refractivity contribution < 1.29 is 29.0 Å². The molecule has 1 aromatic rings. The Labute approximate surface area is 188 Å². The molecule has 2 aliphatic heterocycles. The number of aliphatic carboxylic acids is 1. The summed E-state index contributed by atoms with van der Waals surface area (Å²) < 4.78 is 11.2. The number of alkyl carbamates (subject to hydrolysis) is 1. The molecule has 2 bridgehead atoms. The molecule has 0 spiro atoms. The van der Waals surface area contributed by atoms with Crippen LogP contribution < -0.4 is 10.6 Å². The number of carbonyl (C=O) groups excluding carboxylic acids is 2. The number of carbonyl (C=O) groups is 3. The lowest BCUT2D eigenvalue weighted by atomic mass is 9.77. The van der Waals surface area contributed by atoms with Crippen LogP contribution in [-0.4, -0.2) is 48.4 Å². The van der Waals surface area contributed by atoms with Crippen LogP contribution in [0.5, 0.6) is 0 Å². The van der Waals surface area contributed by atoms with E-state index in [2.05, 4.69) is 16.7 Å². The van der Waals surface area contributed by atoms with Crippen LogP contribution in [0.4, 0.5) is 4.79 Å². The lowest BCUT2D eigenvalue weighted by Gasteiger charge is -2.27. The normalized spacial score (nSPS) is 23.9. The summed E-state index contributed by atoms with van der Waals surface area (Å²) in [5.41, 5.74) is 0.880. The summed E-state index contributed by atoms with van der Waals surface area (Å²) in [5, 5.41) is 14.1. The Bertz CT molecular complexity index is 797. The lowest BCUT2D eigenvalue weighted by molar-refractivity contribution is -0.137. The van der Waals surface area contributed by atoms with Crippen molar-refractivity contribution in [1.29, 1.82) is 0 Å². The van der Waals surface area contributed by atoms with Gasteiger partial charge in [-0.25, -0.2) is 4.79 Å². The number of hydrogen-bond donors (Lipinski definition) is 3. The predicted octanol–water partition coefficient (Wildman–Crippen LogP) is 3.02. The van der Waals surface area contributed by atoms with E-state index in [-0.39, 0.29) is 43.6 Å². The number of hydrogen-bond acceptors (Lipinski definition) is 5. The average molecular weight is 445 g/mol. The Morgan fingerprint density at radius 2 is 1.81 bits per heavy atom. The van der Waals surface area contributed by atoms with Gasteiger partial charge in [0.15, 0.2) is 0 Å².